The third-order valence-electron chi connectivity index (χ3n) is 2.85. The van der Waals surface area contributed by atoms with Crippen LogP contribution in [0.3, 0.4) is 0 Å². The van der Waals surface area contributed by atoms with Crippen molar-refractivity contribution < 1.29 is 19.4 Å². The zero-order valence-corrected chi connectivity index (χ0v) is 11.5. The monoisotopic (exact) mass is 258 g/mol. The first kappa shape index (κ1) is 14.6. The minimum Gasteiger partial charge on any atom is -0.465 e. The van der Waals surface area contributed by atoms with E-state index in [1.54, 1.807) is 4.90 Å². The summed E-state index contributed by atoms with van der Waals surface area (Å²) in [6.45, 7) is 8.49. The normalized spacial score (nSPS) is 20.8. The molecule has 104 valence electrons. The first-order chi connectivity index (χ1) is 8.24. The van der Waals surface area contributed by atoms with Crippen LogP contribution >= 0.6 is 0 Å². The van der Waals surface area contributed by atoms with Crippen molar-refractivity contribution in [2.45, 2.75) is 45.8 Å². The molecule has 0 aromatic heterocycles. The van der Waals surface area contributed by atoms with E-state index in [2.05, 4.69) is 0 Å². The predicted octanol–water partition coefficient (Wildman–Crippen LogP) is 2.00. The number of carbonyl (C=O) groups excluding carboxylic acids is 1. The zero-order valence-electron chi connectivity index (χ0n) is 11.5. The van der Waals surface area contributed by atoms with Crippen molar-refractivity contribution in [2.75, 3.05) is 19.6 Å². The Labute approximate surface area is 107 Å². The fourth-order valence-corrected chi connectivity index (χ4v) is 1.95. The highest BCUT2D eigenvalue weighted by molar-refractivity contribution is 5.70. The van der Waals surface area contributed by atoms with E-state index in [-0.39, 0.29) is 12.1 Å². The highest BCUT2D eigenvalue weighted by Gasteiger charge is 2.33. The van der Waals surface area contributed by atoms with Gasteiger partial charge in [-0.15, -0.1) is 0 Å². The average Bonchev–Trinajstić information content (AvgIpc) is 2.25. The molecule has 0 spiro atoms. The van der Waals surface area contributed by atoms with Crippen molar-refractivity contribution in [3.63, 3.8) is 0 Å². The summed E-state index contributed by atoms with van der Waals surface area (Å²) < 4.78 is 5.29. The highest BCUT2D eigenvalue weighted by Crippen LogP contribution is 2.16. The van der Waals surface area contributed by atoms with Crippen molar-refractivity contribution in [3.8, 4) is 0 Å². The summed E-state index contributed by atoms with van der Waals surface area (Å²) >= 11 is 0. The topological polar surface area (TPSA) is 70.1 Å². The molecule has 2 amide bonds. The highest BCUT2D eigenvalue weighted by atomic mass is 16.6. The van der Waals surface area contributed by atoms with E-state index in [9.17, 15) is 9.59 Å². The summed E-state index contributed by atoms with van der Waals surface area (Å²) in [5.74, 6) is 0. The van der Waals surface area contributed by atoms with Crippen LogP contribution < -0.4 is 0 Å². The number of amides is 2. The Morgan fingerprint density at radius 2 is 1.94 bits per heavy atom. The number of rotatable bonds is 1. The van der Waals surface area contributed by atoms with Crippen molar-refractivity contribution in [3.05, 3.63) is 0 Å². The predicted molar refractivity (Wildman–Crippen MR) is 66.6 cm³/mol. The van der Waals surface area contributed by atoms with Gasteiger partial charge in [0, 0.05) is 19.6 Å². The molecule has 1 fully saturated rings. The lowest BCUT2D eigenvalue weighted by atomic mass is 10.1. The maximum atomic E-state index is 11.9. The number of ether oxygens (including phenoxy) is 1. The largest absolute Gasteiger partial charge is 0.465 e. The molecule has 6 heteroatoms. The Balaban J connectivity index is 2.62. The fraction of sp³-hybridized carbons (Fsp3) is 0.833. The van der Waals surface area contributed by atoms with Crippen molar-refractivity contribution >= 4 is 12.2 Å². The first-order valence-corrected chi connectivity index (χ1v) is 6.22. The quantitative estimate of drug-likeness (QED) is 0.781. The summed E-state index contributed by atoms with van der Waals surface area (Å²) in [6.07, 6.45) is -0.609. The number of hydrogen-bond acceptors (Lipinski definition) is 3. The summed E-state index contributed by atoms with van der Waals surface area (Å²) in [7, 11) is 0. The van der Waals surface area contributed by atoms with Crippen LogP contribution in [0.4, 0.5) is 9.59 Å². The molecule has 1 heterocycles. The van der Waals surface area contributed by atoms with Gasteiger partial charge in [0.25, 0.3) is 0 Å². The second-order valence-electron chi connectivity index (χ2n) is 5.46. The molecule has 1 aliphatic heterocycles. The van der Waals surface area contributed by atoms with E-state index in [4.69, 9.17) is 9.84 Å². The maximum Gasteiger partial charge on any atom is 0.410 e. The molecular formula is C12H22N2O4. The second-order valence-corrected chi connectivity index (χ2v) is 5.46. The van der Waals surface area contributed by atoms with Crippen molar-refractivity contribution in [1.29, 1.82) is 0 Å². The molecule has 0 aliphatic carbocycles. The van der Waals surface area contributed by atoms with Gasteiger partial charge in [-0.05, 0) is 27.2 Å². The minimum atomic E-state index is -0.925. The molecule has 0 bridgehead atoms. The van der Waals surface area contributed by atoms with Crippen LogP contribution in [0.2, 0.25) is 0 Å². The molecule has 0 saturated carbocycles. The van der Waals surface area contributed by atoms with Gasteiger partial charge in [0.15, 0.2) is 0 Å². The van der Waals surface area contributed by atoms with Crippen LogP contribution in [0.5, 0.6) is 0 Å². The Morgan fingerprint density at radius 3 is 2.39 bits per heavy atom. The summed E-state index contributed by atoms with van der Waals surface area (Å²) in [5.41, 5.74) is -0.525. The SMILES string of the molecule is CC[C@@H]1CN(C(=O)OC(C)(C)C)CCN1C(=O)O. The number of carboxylic acid groups (broad SMARTS) is 1. The zero-order chi connectivity index (χ0) is 13.9. The lowest BCUT2D eigenvalue weighted by molar-refractivity contribution is 0.00500. The number of carbonyl (C=O) groups is 2. The number of nitrogens with zero attached hydrogens (tertiary/aromatic N) is 2. The van der Waals surface area contributed by atoms with Crippen molar-refractivity contribution in [1.82, 2.24) is 9.80 Å². The van der Waals surface area contributed by atoms with Crippen LogP contribution in [-0.2, 0) is 4.74 Å². The number of piperazine rings is 1. The third-order valence-corrected chi connectivity index (χ3v) is 2.85. The fourth-order valence-electron chi connectivity index (χ4n) is 1.95. The minimum absolute atomic E-state index is 0.149. The van der Waals surface area contributed by atoms with Crippen LogP contribution in [0.25, 0.3) is 0 Å². The molecular weight excluding hydrogens is 236 g/mol. The molecule has 6 nitrogen and oxygen atoms in total. The Hall–Kier alpha value is -1.46. The van der Waals surface area contributed by atoms with Gasteiger partial charge in [0.1, 0.15) is 5.60 Å². The van der Waals surface area contributed by atoms with Crippen molar-refractivity contribution in [2.24, 2.45) is 0 Å². The molecule has 0 radical (unpaired) electrons. The van der Waals surface area contributed by atoms with Gasteiger partial charge in [0.05, 0.1) is 6.04 Å². The molecule has 18 heavy (non-hydrogen) atoms. The van der Waals surface area contributed by atoms with E-state index in [1.807, 2.05) is 27.7 Å². The van der Waals surface area contributed by atoms with Crippen LogP contribution in [-0.4, -0.2) is 58.4 Å². The molecule has 0 aromatic rings. The molecule has 1 aliphatic rings. The van der Waals surface area contributed by atoms with Crippen LogP contribution in [0.15, 0.2) is 0 Å². The van der Waals surface area contributed by atoms with E-state index < -0.39 is 11.7 Å². The van der Waals surface area contributed by atoms with Gasteiger partial charge >= 0.3 is 12.2 Å². The maximum absolute atomic E-state index is 11.9. The van der Waals surface area contributed by atoms with E-state index in [1.165, 1.54) is 4.90 Å². The van der Waals surface area contributed by atoms with Gasteiger partial charge < -0.3 is 19.6 Å². The second kappa shape index (κ2) is 5.46. The summed E-state index contributed by atoms with van der Waals surface area (Å²) in [4.78, 5) is 25.9. The summed E-state index contributed by atoms with van der Waals surface area (Å²) in [5, 5.41) is 9.04. The third kappa shape index (κ3) is 3.78. The summed E-state index contributed by atoms with van der Waals surface area (Å²) in [6, 6.07) is -0.149. The molecule has 1 atom stereocenters. The van der Waals surface area contributed by atoms with E-state index >= 15 is 0 Å². The Bertz CT molecular complexity index is 325. The Morgan fingerprint density at radius 1 is 1.33 bits per heavy atom. The lowest BCUT2D eigenvalue weighted by Gasteiger charge is -2.39. The first-order valence-electron chi connectivity index (χ1n) is 6.22. The molecule has 1 N–H and O–H groups in total. The molecule has 1 rings (SSSR count). The van der Waals surface area contributed by atoms with E-state index in [0.29, 0.717) is 26.1 Å². The van der Waals surface area contributed by atoms with Gasteiger partial charge in [-0.25, -0.2) is 9.59 Å². The standard InChI is InChI=1S/C12H22N2O4/c1-5-9-8-13(6-7-14(9)10(15)16)11(17)18-12(2,3)4/h9H,5-8H2,1-4H3,(H,15,16)/t9-/m1/s1. The van der Waals surface area contributed by atoms with Gasteiger partial charge in [-0.2, -0.15) is 0 Å². The van der Waals surface area contributed by atoms with Crippen LogP contribution in [0.1, 0.15) is 34.1 Å². The van der Waals surface area contributed by atoms with E-state index in [0.717, 1.165) is 0 Å². The van der Waals surface area contributed by atoms with Gasteiger partial charge in [-0.3, -0.25) is 0 Å². The van der Waals surface area contributed by atoms with Crippen LogP contribution in [0, 0.1) is 0 Å². The Kier molecular flexibility index (Phi) is 4.43. The smallest absolute Gasteiger partial charge is 0.410 e. The van der Waals surface area contributed by atoms with Gasteiger partial charge in [-0.1, -0.05) is 6.92 Å². The lowest BCUT2D eigenvalue weighted by Crippen LogP contribution is -2.56. The molecule has 0 unspecified atom stereocenters. The molecule has 1 saturated heterocycles. The molecule has 0 aromatic carbocycles. The van der Waals surface area contributed by atoms with Gasteiger partial charge in [0.2, 0.25) is 0 Å². The average molecular weight is 258 g/mol. The number of hydrogen-bond donors (Lipinski definition) is 1.